The molecular weight excluding hydrogens is 483 g/mol. The van der Waals surface area contributed by atoms with E-state index in [4.69, 9.17) is 4.98 Å². The lowest BCUT2D eigenvalue weighted by molar-refractivity contribution is 0.0142. The number of alkyl halides is 1. The fourth-order valence-electron chi connectivity index (χ4n) is 5.85. The molecule has 0 radical (unpaired) electrons. The Labute approximate surface area is 219 Å². The first kappa shape index (κ1) is 24.5. The Morgan fingerprint density at radius 1 is 1.11 bits per heavy atom. The first-order valence-electron chi connectivity index (χ1n) is 13.4. The Balaban J connectivity index is 1.46. The van der Waals surface area contributed by atoms with Gasteiger partial charge in [-0.1, -0.05) is 43.5 Å². The van der Waals surface area contributed by atoms with Gasteiger partial charge in [-0.25, -0.2) is 9.50 Å². The number of hydrogen-bond acceptors (Lipinski definition) is 5. The van der Waals surface area contributed by atoms with Gasteiger partial charge in [0.15, 0.2) is 5.65 Å². The summed E-state index contributed by atoms with van der Waals surface area (Å²) in [5.74, 6) is 0.0784. The van der Waals surface area contributed by atoms with E-state index in [1.54, 1.807) is 24.2 Å². The summed E-state index contributed by atoms with van der Waals surface area (Å²) < 4.78 is 14.6. The largest absolute Gasteiger partial charge is 0.335 e. The van der Waals surface area contributed by atoms with Crippen LogP contribution in [0, 0.1) is 12.8 Å². The molecule has 38 heavy (non-hydrogen) atoms. The van der Waals surface area contributed by atoms with E-state index in [1.807, 2.05) is 19.1 Å². The van der Waals surface area contributed by atoms with Crippen LogP contribution < -0.4 is 5.56 Å². The maximum absolute atomic E-state index is 13.8. The van der Waals surface area contributed by atoms with Crippen LogP contribution in [0.15, 0.2) is 47.5 Å². The normalized spacial score (nSPS) is 20.0. The smallest absolute Gasteiger partial charge is 0.273 e. The van der Waals surface area contributed by atoms with Gasteiger partial charge in [-0.2, -0.15) is 0 Å². The van der Waals surface area contributed by atoms with Gasteiger partial charge in [0.1, 0.15) is 11.3 Å². The Hall–Kier alpha value is -3.88. The molecule has 2 aliphatic rings. The van der Waals surface area contributed by atoms with Gasteiger partial charge in [-0.3, -0.25) is 29.0 Å². The predicted octanol–water partition coefficient (Wildman–Crippen LogP) is 4.93. The monoisotopic (exact) mass is 514 g/mol. The molecule has 6 rings (SSSR count). The molecule has 0 bridgehead atoms. The van der Waals surface area contributed by atoms with Crippen LogP contribution in [0.3, 0.4) is 0 Å². The van der Waals surface area contributed by atoms with E-state index in [-0.39, 0.29) is 34.6 Å². The van der Waals surface area contributed by atoms with Gasteiger partial charge in [-0.15, -0.1) is 0 Å². The van der Waals surface area contributed by atoms with Crippen LogP contribution in [0.4, 0.5) is 4.39 Å². The summed E-state index contributed by atoms with van der Waals surface area (Å²) >= 11 is 0. The lowest BCUT2D eigenvalue weighted by Gasteiger charge is -2.45. The van der Waals surface area contributed by atoms with E-state index in [0.29, 0.717) is 35.2 Å². The van der Waals surface area contributed by atoms with Gasteiger partial charge in [0, 0.05) is 42.5 Å². The Morgan fingerprint density at radius 2 is 1.84 bits per heavy atom. The van der Waals surface area contributed by atoms with Crippen molar-refractivity contribution in [1.29, 1.82) is 0 Å². The number of amides is 1. The average Bonchev–Trinajstić information content (AvgIpc) is 3.33. The van der Waals surface area contributed by atoms with Gasteiger partial charge in [0.05, 0.1) is 23.8 Å². The zero-order chi connectivity index (χ0) is 26.4. The Bertz CT molecular complexity index is 1550. The molecule has 9 heteroatoms. The molecule has 4 heterocycles. The van der Waals surface area contributed by atoms with Crippen molar-refractivity contribution in [3.63, 3.8) is 0 Å². The van der Waals surface area contributed by atoms with Crippen LogP contribution in [0.25, 0.3) is 28.3 Å². The molecule has 0 spiro atoms. The van der Waals surface area contributed by atoms with Crippen molar-refractivity contribution in [2.75, 3.05) is 13.2 Å². The number of carbonyl (C=O) groups is 1. The van der Waals surface area contributed by atoms with Gasteiger partial charge in [-0.05, 0) is 38.2 Å². The van der Waals surface area contributed by atoms with Gasteiger partial charge in [0.2, 0.25) is 0 Å². The van der Waals surface area contributed by atoms with Crippen molar-refractivity contribution >= 4 is 11.6 Å². The third kappa shape index (κ3) is 4.10. The third-order valence-corrected chi connectivity index (χ3v) is 8.29. The number of nitrogens with zero attached hydrogens (tertiary/aromatic N) is 5. The molecule has 1 saturated carbocycles. The highest BCUT2D eigenvalue weighted by atomic mass is 19.1. The second-order valence-corrected chi connectivity index (χ2v) is 10.6. The van der Waals surface area contributed by atoms with E-state index < -0.39 is 6.67 Å². The average molecular weight is 515 g/mol. The van der Waals surface area contributed by atoms with Crippen LogP contribution in [-0.2, 0) is 0 Å². The van der Waals surface area contributed by atoms with Crippen molar-refractivity contribution in [2.24, 2.45) is 5.92 Å². The topological polar surface area (TPSA) is 96.2 Å². The molecule has 1 aliphatic carbocycles. The van der Waals surface area contributed by atoms with Crippen molar-refractivity contribution in [1.82, 2.24) is 29.5 Å². The number of hydrogen-bond donors (Lipinski definition) is 1. The minimum Gasteiger partial charge on any atom is -0.335 e. The fraction of sp³-hybridized carbons (Fsp3) is 0.414. The van der Waals surface area contributed by atoms with Crippen LogP contribution in [0.2, 0.25) is 0 Å². The summed E-state index contributed by atoms with van der Waals surface area (Å²) in [7, 11) is 0. The number of benzene rings is 1. The second kappa shape index (κ2) is 9.78. The molecule has 1 aromatic carbocycles. The summed E-state index contributed by atoms with van der Waals surface area (Å²) in [4.78, 5) is 42.3. The number of H-pyrrole nitrogens is 1. The molecule has 1 N–H and O–H groups in total. The fourth-order valence-corrected chi connectivity index (χ4v) is 5.85. The molecule has 1 amide bonds. The van der Waals surface area contributed by atoms with E-state index >= 15 is 0 Å². The number of carbonyl (C=O) groups excluding carboxylic acids is 1. The number of fused-ring (bicyclic) bond motifs is 1. The van der Waals surface area contributed by atoms with Gasteiger partial charge >= 0.3 is 0 Å². The minimum absolute atomic E-state index is 0.195. The first-order chi connectivity index (χ1) is 18.5. The van der Waals surface area contributed by atoms with E-state index in [2.05, 4.69) is 27.2 Å². The number of aromatic nitrogens is 5. The molecule has 0 unspecified atom stereocenters. The molecule has 2 atom stereocenters. The lowest BCUT2D eigenvalue weighted by atomic mass is 9.84. The Kier molecular flexibility index (Phi) is 6.29. The highest BCUT2D eigenvalue weighted by Gasteiger charge is 2.41. The maximum Gasteiger partial charge on any atom is 0.273 e. The molecule has 8 nitrogen and oxygen atoms in total. The number of aromatic amines is 1. The molecule has 1 aliphatic heterocycles. The maximum atomic E-state index is 13.8. The quantitative estimate of drug-likeness (QED) is 0.407. The van der Waals surface area contributed by atoms with Crippen LogP contribution in [-0.4, -0.2) is 54.6 Å². The van der Waals surface area contributed by atoms with Crippen molar-refractivity contribution in [2.45, 2.75) is 57.9 Å². The molecule has 2 fully saturated rings. The third-order valence-electron chi connectivity index (χ3n) is 8.29. The number of likely N-dealkylation sites (tertiary alicyclic amines) is 1. The van der Waals surface area contributed by atoms with Crippen LogP contribution in [0.5, 0.6) is 0 Å². The molecule has 3 aromatic heterocycles. The van der Waals surface area contributed by atoms with Gasteiger partial charge < -0.3 is 4.90 Å². The van der Waals surface area contributed by atoms with Crippen LogP contribution in [0.1, 0.15) is 66.6 Å². The van der Waals surface area contributed by atoms with E-state index in [9.17, 15) is 14.0 Å². The molecule has 196 valence electrons. The summed E-state index contributed by atoms with van der Waals surface area (Å²) in [6.45, 7) is 3.47. The number of nitrogens with one attached hydrogen (secondary N) is 1. The molecular formula is C29H31FN6O2. The van der Waals surface area contributed by atoms with Crippen molar-refractivity contribution in [3.05, 3.63) is 69.9 Å². The SMILES string of the molecule is Cc1nccnc1-c1[nH]n2c(=O)cc(-c3ccc(C4CCCCC4)cc3)nc2c1C(=O)N1C[C@H](CF)[C@@H]1C. The summed E-state index contributed by atoms with van der Waals surface area (Å²) in [5.41, 5.74) is 4.23. The van der Waals surface area contributed by atoms with Crippen molar-refractivity contribution < 1.29 is 9.18 Å². The predicted molar refractivity (Wildman–Crippen MR) is 143 cm³/mol. The first-order valence-corrected chi connectivity index (χ1v) is 13.4. The zero-order valence-electron chi connectivity index (χ0n) is 21.7. The van der Waals surface area contributed by atoms with Crippen molar-refractivity contribution in [3.8, 4) is 22.6 Å². The summed E-state index contributed by atoms with van der Waals surface area (Å²) in [6.07, 6.45) is 9.38. The number of aryl methyl sites for hydroxylation is 1. The molecule has 4 aromatic rings. The number of halogens is 1. The minimum atomic E-state index is -0.479. The molecule has 1 saturated heterocycles. The summed E-state index contributed by atoms with van der Waals surface area (Å²) in [6, 6.07) is 9.50. The zero-order valence-corrected chi connectivity index (χ0v) is 21.7. The standard InChI is InChI=1S/C29H31FN6O2/c1-17-26(32-13-12-31-17)27-25(29(38)35-16-22(15-30)18(35)2)28-33-23(14-24(37)36(28)34-27)21-10-8-20(9-11-21)19-6-4-3-5-7-19/h8-14,18-19,22,34H,3-7,15-16H2,1-2H3/t18-,22-/m0/s1. The summed E-state index contributed by atoms with van der Waals surface area (Å²) in [5, 5.41) is 3.06. The number of rotatable bonds is 5. The van der Waals surface area contributed by atoms with Crippen LogP contribution >= 0.6 is 0 Å². The van der Waals surface area contributed by atoms with E-state index in [1.165, 1.54) is 48.2 Å². The highest BCUT2D eigenvalue weighted by molar-refractivity contribution is 6.06. The highest BCUT2D eigenvalue weighted by Crippen LogP contribution is 2.35. The lowest BCUT2D eigenvalue weighted by Crippen LogP contribution is -2.58. The van der Waals surface area contributed by atoms with E-state index in [0.717, 1.165) is 5.56 Å². The second-order valence-electron chi connectivity index (χ2n) is 10.6. The van der Waals surface area contributed by atoms with Gasteiger partial charge in [0.25, 0.3) is 11.5 Å². The Morgan fingerprint density at radius 3 is 2.53 bits per heavy atom.